The Kier molecular flexibility index (Phi) is 9.95. The Morgan fingerprint density at radius 1 is 1.13 bits per heavy atom. The van der Waals surface area contributed by atoms with Crippen LogP contribution in [0.25, 0.3) is 0 Å². The minimum atomic E-state index is -3.68. The number of benzene rings is 2. The third-order valence-corrected chi connectivity index (χ3v) is 14.4. The molecule has 1 unspecified atom stereocenters. The molecule has 1 N–H and O–H groups in total. The number of nitrogens with zero attached hydrogens (tertiary/aromatic N) is 3. The van der Waals surface area contributed by atoms with Crippen LogP contribution in [0.2, 0.25) is 5.02 Å². The van der Waals surface area contributed by atoms with Gasteiger partial charge in [0.25, 0.3) is 11.8 Å². The normalized spacial score (nSPS) is 30.4. The lowest BCUT2D eigenvalue weighted by Gasteiger charge is -2.46. The summed E-state index contributed by atoms with van der Waals surface area (Å²) in [7, 11) is -1.93. The van der Waals surface area contributed by atoms with Crippen molar-refractivity contribution in [3.05, 3.63) is 93.5 Å². The first-order valence-electron chi connectivity index (χ1n) is 19.0. The first-order valence-corrected chi connectivity index (χ1v) is 21.1. The highest BCUT2D eigenvalue weighted by Crippen LogP contribution is 2.47. The number of allylic oxidation sites excluding steroid dienone is 1. The molecular weight excluding hydrogens is 715 g/mol. The fourth-order valence-electron chi connectivity index (χ4n) is 9.33. The quantitative estimate of drug-likeness (QED) is 0.275. The van der Waals surface area contributed by atoms with E-state index in [-0.39, 0.29) is 34.3 Å². The van der Waals surface area contributed by atoms with Gasteiger partial charge < -0.3 is 18.9 Å². The summed E-state index contributed by atoms with van der Waals surface area (Å²) in [5.74, 6) is -1.14. The Bertz CT molecular complexity index is 2090. The van der Waals surface area contributed by atoms with Gasteiger partial charge in [-0.3, -0.25) is 14.3 Å². The number of ether oxygens (including phenoxy) is 2. The van der Waals surface area contributed by atoms with Crippen LogP contribution in [0.3, 0.4) is 0 Å². The number of nitrogens with one attached hydrogen (secondary N) is 1. The number of carbonyl (C=O) groups excluding carboxylic acids is 2. The lowest BCUT2D eigenvalue weighted by molar-refractivity contribution is 0.0131. The van der Waals surface area contributed by atoms with Crippen LogP contribution >= 0.6 is 11.6 Å². The average molecular weight is 763 g/mol. The van der Waals surface area contributed by atoms with Gasteiger partial charge in [0.2, 0.25) is 5.95 Å². The zero-order valence-corrected chi connectivity index (χ0v) is 32.0. The van der Waals surface area contributed by atoms with Crippen molar-refractivity contribution in [3.8, 4) is 5.75 Å². The third-order valence-electron chi connectivity index (χ3n) is 12.2. The summed E-state index contributed by atoms with van der Waals surface area (Å²) < 4.78 is 51.1. The minimum absolute atomic E-state index is 0.0835. The molecule has 2 amide bonds. The summed E-state index contributed by atoms with van der Waals surface area (Å²) in [6.45, 7) is 4.33. The topological polar surface area (TPSA) is 102 Å². The number of fused-ring (bicyclic) bond motifs is 5. The van der Waals surface area contributed by atoms with Gasteiger partial charge in [0.15, 0.2) is 0 Å². The SMILES string of the molecule is CO[C@H]1/C=C/C[C@H](C)CS(=O)(NC(=O)c2cc3n(c2F)CCCC3)=NC(=O)c2ccc3c(c2)N(C[C@@H]2CC[C@H]21)C[C@@]1(CCCc2cc(Cl)ccc21)CO3. The molecule has 3 aromatic rings. The summed E-state index contributed by atoms with van der Waals surface area (Å²) in [6, 6.07) is 13.0. The van der Waals surface area contributed by atoms with E-state index in [1.165, 1.54) is 21.8 Å². The summed E-state index contributed by atoms with van der Waals surface area (Å²) in [5, 5.41) is 0.728. The highest BCUT2D eigenvalue weighted by molar-refractivity contribution is 7.92. The van der Waals surface area contributed by atoms with Gasteiger partial charge in [-0.2, -0.15) is 4.39 Å². The molecule has 282 valence electrons. The number of methoxy groups -OCH3 is 1. The zero-order valence-electron chi connectivity index (χ0n) is 30.5. The molecule has 0 saturated heterocycles. The Hall–Kier alpha value is -3.67. The fraction of sp³-hybridized carbons (Fsp3) is 0.512. The largest absolute Gasteiger partial charge is 0.490 e. The van der Waals surface area contributed by atoms with Crippen LogP contribution in [-0.2, 0) is 39.5 Å². The summed E-state index contributed by atoms with van der Waals surface area (Å²) in [6.07, 6.45) is 12.0. The van der Waals surface area contributed by atoms with Gasteiger partial charge in [-0.15, -0.1) is 4.36 Å². The number of carbonyl (C=O) groups is 2. The van der Waals surface area contributed by atoms with E-state index in [2.05, 4.69) is 32.2 Å². The monoisotopic (exact) mass is 762 g/mol. The Morgan fingerprint density at radius 3 is 2.79 bits per heavy atom. The summed E-state index contributed by atoms with van der Waals surface area (Å²) in [5.41, 5.74) is 3.82. The summed E-state index contributed by atoms with van der Waals surface area (Å²) in [4.78, 5) is 30.1. The van der Waals surface area contributed by atoms with Crippen molar-refractivity contribution < 1.29 is 27.7 Å². The number of halogens is 2. The predicted octanol–water partition coefficient (Wildman–Crippen LogP) is 7.68. The minimum Gasteiger partial charge on any atom is -0.490 e. The highest BCUT2D eigenvalue weighted by Gasteiger charge is 2.44. The molecule has 2 bridgehead atoms. The Balaban J connectivity index is 1.19. The van der Waals surface area contributed by atoms with Crippen molar-refractivity contribution >= 4 is 39.0 Å². The lowest BCUT2D eigenvalue weighted by Crippen LogP contribution is -2.49. The molecular formula is C41H48ClFN4O5S. The van der Waals surface area contributed by atoms with Crippen LogP contribution < -0.4 is 14.4 Å². The number of rotatable bonds is 3. The van der Waals surface area contributed by atoms with E-state index in [1.807, 2.05) is 25.1 Å². The first-order chi connectivity index (χ1) is 25.5. The molecule has 3 aliphatic heterocycles. The fourth-order valence-corrected chi connectivity index (χ4v) is 11.4. The van der Waals surface area contributed by atoms with Crippen molar-refractivity contribution in [2.75, 3.05) is 37.5 Å². The van der Waals surface area contributed by atoms with Gasteiger partial charge in [0.05, 0.1) is 29.7 Å². The first kappa shape index (κ1) is 36.3. The highest BCUT2D eigenvalue weighted by atomic mass is 35.5. The van der Waals surface area contributed by atoms with Crippen LogP contribution in [0.4, 0.5) is 10.1 Å². The summed E-state index contributed by atoms with van der Waals surface area (Å²) >= 11 is 6.46. The number of hydrogen-bond acceptors (Lipinski definition) is 6. The van der Waals surface area contributed by atoms with Crippen molar-refractivity contribution in [1.82, 2.24) is 9.29 Å². The number of aromatic nitrogens is 1. The van der Waals surface area contributed by atoms with Crippen molar-refractivity contribution in [1.29, 1.82) is 0 Å². The molecule has 8 rings (SSSR count). The van der Waals surface area contributed by atoms with Crippen molar-refractivity contribution in [3.63, 3.8) is 0 Å². The molecule has 1 aromatic heterocycles. The number of amides is 2. The van der Waals surface area contributed by atoms with Gasteiger partial charge >= 0.3 is 0 Å². The Labute approximate surface area is 316 Å². The van der Waals surface area contributed by atoms with E-state index in [4.69, 9.17) is 21.1 Å². The standard InChI is InChI=1S/C41H48ClFN4O5S/c1-26-7-5-10-36(51-2)32-14-11-29(32)22-46-24-41(17-6-8-27-19-30(42)13-15-34(27)41)25-52-37-16-12-28(20-35(37)46)39(48)44-53(50,23-26)45-40(49)33-21-31-9-3-4-18-47(31)38(33)43/h5,10,12-13,15-16,19-21,26,29,32,36H,3-4,6-9,11,14,17-18,22-25H2,1-2H3,(H,44,45,48,49,50)/b10-5+/t26-,29-,32+,36-,41-,53?/m0/s1. The van der Waals surface area contributed by atoms with E-state index in [0.29, 0.717) is 50.1 Å². The number of hydrogen-bond donors (Lipinski definition) is 1. The third kappa shape index (κ3) is 7.05. The van der Waals surface area contributed by atoms with Crippen molar-refractivity contribution in [2.45, 2.75) is 82.8 Å². The molecule has 2 aromatic carbocycles. The predicted molar refractivity (Wildman–Crippen MR) is 205 cm³/mol. The lowest BCUT2D eigenvalue weighted by atomic mass is 9.68. The number of anilines is 1. The molecule has 1 saturated carbocycles. The van der Waals surface area contributed by atoms with E-state index >= 15 is 4.39 Å². The van der Waals surface area contributed by atoms with Crippen LogP contribution in [0, 0.1) is 23.7 Å². The van der Waals surface area contributed by atoms with E-state index < -0.39 is 27.7 Å². The Morgan fingerprint density at radius 2 is 2.00 bits per heavy atom. The second-order valence-electron chi connectivity index (χ2n) is 15.8. The molecule has 9 nitrogen and oxygen atoms in total. The van der Waals surface area contributed by atoms with Crippen LogP contribution in [0.1, 0.15) is 89.4 Å². The maximum atomic E-state index is 15.4. The zero-order chi connectivity index (χ0) is 36.9. The van der Waals surface area contributed by atoms with Gasteiger partial charge in [-0.1, -0.05) is 36.7 Å². The van der Waals surface area contributed by atoms with Gasteiger partial charge in [0, 0.05) is 48.4 Å². The second-order valence-corrected chi connectivity index (χ2v) is 18.3. The number of aryl methyl sites for hydroxylation is 2. The second kappa shape index (κ2) is 14.5. The van der Waals surface area contributed by atoms with Crippen molar-refractivity contribution in [2.24, 2.45) is 22.1 Å². The smallest absolute Gasteiger partial charge is 0.286 e. The van der Waals surface area contributed by atoms with Gasteiger partial charge in [0.1, 0.15) is 15.7 Å². The average Bonchev–Trinajstić information content (AvgIpc) is 3.38. The molecule has 12 heteroatoms. The maximum Gasteiger partial charge on any atom is 0.286 e. The molecule has 2 aliphatic carbocycles. The maximum absolute atomic E-state index is 15.4. The van der Waals surface area contributed by atoms with Gasteiger partial charge in [-0.25, -0.2) is 4.21 Å². The molecule has 5 aliphatic rings. The van der Waals surface area contributed by atoms with Crippen LogP contribution in [0.5, 0.6) is 5.75 Å². The van der Waals surface area contributed by atoms with Crippen LogP contribution in [-0.4, -0.2) is 59.3 Å². The molecule has 0 radical (unpaired) electrons. The molecule has 4 heterocycles. The van der Waals surface area contributed by atoms with E-state index in [1.54, 1.807) is 19.2 Å². The van der Waals surface area contributed by atoms with E-state index in [0.717, 1.165) is 67.9 Å². The van der Waals surface area contributed by atoms with E-state index in [9.17, 15) is 13.8 Å². The molecule has 53 heavy (non-hydrogen) atoms. The molecule has 1 fully saturated rings. The van der Waals surface area contributed by atoms with Crippen LogP contribution in [0.15, 0.2) is 59.0 Å². The van der Waals surface area contributed by atoms with Gasteiger partial charge in [-0.05, 0) is 123 Å². The molecule has 6 atom stereocenters. The molecule has 1 spiro atoms.